The van der Waals surface area contributed by atoms with Crippen LogP contribution in [-0.2, 0) is 9.47 Å². The van der Waals surface area contributed by atoms with Crippen molar-refractivity contribution in [3.05, 3.63) is 0 Å². The monoisotopic (exact) mass is 358 g/mol. The Labute approximate surface area is 155 Å². The highest BCUT2D eigenvalue weighted by molar-refractivity contribution is 4.96. The molecule has 3 N–H and O–H groups in total. The summed E-state index contributed by atoms with van der Waals surface area (Å²) in [5, 5.41) is 11.0. The molecule has 1 aliphatic heterocycles. The maximum atomic E-state index is 11.0. The van der Waals surface area contributed by atoms with Crippen LogP contribution in [-0.4, -0.2) is 36.2 Å². The first kappa shape index (κ1) is 22.9. The second-order valence-electron chi connectivity index (χ2n) is 10.4. The van der Waals surface area contributed by atoms with Gasteiger partial charge in [0.15, 0.2) is 6.29 Å². The van der Waals surface area contributed by atoms with Crippen molar-refractivity contribution in [3.63, 3.8) is 0 Å². The lowest BCUT2D eigenvalue weighted by molar-refractivity contribution is -0.243. The van der Waals surface area contributed by atoms with Crippen LogP contribution >= 0.6 is 0 Å². The van der Waals surface area contributed by atoms with Crippen LogP contribution in [0.15, 0.2) is 0 Å². The molecule has 0 aromatic heterocycles. The van der Waals surface area contributed by atoms with E-state index in [0.29, 0.717) is 23.7 Å². The van der Waals surface area contributed by atoms with Gasteiger partial charge in [0.2, 0.25) is 0 Å². The van der Waals surface area contributed by atoms with Crippen LogP contribution in [0.25, 0.3) is 0 Å². The summed E-state index contributed by atoms with van der Waals surface area (Å²) in [6.07, 6.45) is 4.06. The molecular weight excluding hydrogens is 316 g/mol. The molecule has 2 atom stereocenters. The van der Waals surface area contributed by atoms with Gasteiger partial charge in [0.1, 0.15) is 0 Å². The summed E-state index contributed by atoms with van der Waals surface area (Å²) in [6.45, 7) is 17.4. The zero-order valence-electron chi connectivity index (χ0n) is 17.5. The van der Waals surface area contributed by atoms with E-state index < -0.39 is 0 Å². The first-order valence-electron chi connectivity index (χ1n) is 9.95. The zero-order chi connectivity index (χ0) is 18.1. The fourth-order valence-electron chi connectivity index (χ4n) is 4.67. The van der Waals surface area contributed by atoms with E-state index in [-0.39, 0.29) is 28.7 Å². The molecule has 0 amide bonds. The molecule has 4 nitrogen and oxygen atoms in total. The van der Waals surface area contributed by atoms with E-state index >= 15 is 0 Å². The van der Waals surface area contributed by atoms with Crippen LogP contribution < -0.4 is 0 Å². The van der Waals surface area contributed by atoms with Crippen molar-refractivity contribution in [2.45, 2.75) is 86.5 Å². The van der Waals surface area contributed by atoms with Gasteiger partial charge in [0, 0.05) is 11.8 Å². The van der Waals surface area contributed by atoms with Crippen molar-refractivity contribution in [1.29, 1.82) is 0 Å². The third kappa shape index (κ3) is 5.66. The normalized spacial score (nSPS) is 37.4. The zero-order valence-corrected chi connectivity index (χ0v) is 17.5. The standard InChI is InChI=1S/C21H40O3.H2O/c1-8-9-14-12-23-19(24-13-14)15-10-16(20(2,3)4)18(22)17(11-15)21(5,6)7;/h14-19,22H,8-13H2,1-7H3;1H2. The molecule has 1 saturated heterocycles. The first-order valence-corrected chi connectivity index (χ1v) is 9.95. The summed E-state index contributed by atoms with van der Waals surface area (Å²) >= 11 is 0. The fourth-order valence-corrected chi connectivity index (χ4v) is 4.67. The average Bonchev–Trinajstić information content (AvgIpc) is 2.46. The Morgan fingerprint density at radius 2 is 1.32 bits per heavy atom. The molecule has 2 rings (SSSR count). The molecular formula is C21H42O4. The third-order valence-corrected chi connectivity index (χ3v) is 6.24. The van der Waals surface area contributed by atoms with Crippen LogP contribution in [0, 0.1) is 34.5 Å². The molecule has 0 aromatic rings. The molecule has 2 fully saturated rings. The number of rotatable bonds is 3. The highest BCUT2D eigenvalue weighted by Crippen LogP contribution is 2.49. The molecule has 0 aromatic carbocycles. The molecule has 2 unspecified atom stereocenters. The average molecular weight is 359 g/mol. The Hall–Kier alpha value is -0.160. The minimum absolute atomic E-state index is 0. The van der Waals surface area contributed by atoms with Crippen LogP contribution in [0.1, 0.15) is 74.1 Å². The van der Waals surface area contributed by atoms with Crippen LogP contribution in [0.2, 0.25) is 0 Å². The summed E-state index contributed by atoms with van der Waals surface area (Å²) in [4.78, 5) is 0. The number of hydrogen-bond donors (Lipinski definition) is 1. The van der Waals surface area contributed by atoms with Crippen molar-refractivity contribution < 1.29 is 20.1 Å². The minimum atomic E-state index is -0.238. The van der Waals surface area contributed by atoms with E-state index in [1.807, 2.05) is 0 Å². The summed E-state index contributed by atoms with van der Waals surface area (Å²) in [5.41, 5.74) is 0.196. The molecule has 0 spiro atoms. The number of aliphatic hydroxyl groups excluding tert-OH is 1. The quantitative estimate of drug-likeness (QED) is 0.827. The largest absolute Gasteiger partial charge is 0.412 e. The van der Waals surface area contributed by atoms with Gasteiger partial charge in [-0.05, 0) is 41.9 Å². The Bertz CT molecular complexity index is 364. The molecule has 2 aliphatic rings. The van der Waals surface area contributed by atoms with Gasteiger partial charge in [-0.25, -0.2) is 0 Å². The second-order valence-corrected chi connectivity index (χ2v) is 10.4. The van der Waals surface area contributed by atoms with Gasteiger partial charge in [-0.2, -0.15) is 0 Å². The van der Waals surface area contributed by atoms with Gasteiger partial charge in [0.25, 0.3) is 0 Å². The summed E-state index contributed by atoms with van der Waals surface area (Å²) in [6, 6.07) is 0. The molecule has 0 radical (unpaired) electrons. The lowest BCUT2D eigenvalue weighted by atomic mass is 9.58. The highest BCUT2D eigenvalue weighted by atomic mass is 16.7. The van der Waals surface area contributed by atoms with Crippen LogP contribution in [0.4, 0.5) is 0 Å². The summed E-state index contributed by atoms with van der Waals surface area (Å²) < 4.78 is 12.3. The SMILES string of the molecule is CCCC1COC(C2CC(C(C)(C)C)C(O)C(C(C)(C)C)C2)OC1.O. The topological polar surface area (TPSA) is 70.2 Å². The highest BCUT2D eigenvalue weighted by Gasteiger charge is 2.48. The number of hydrogen-bond acceptors (Lipinski definition) is 3. The summed E-state index contributed by atoms with van der Waals surface area (Å²) in [5.74, 6) is 1.53. The number of aliphatic hydroxyl groups is 1. The fraction of sp³-hybridized carbons (Fsp3) is 1.00. The van der Waals surface area contributed by atoms with Crippen molar-refractivity contribution in [1.82, 2.24) is 0 Å². The maximum Gasteiger partial charge on any atom is 0.160 e. The smallest absolute Gasteiger partial charge is 0.160 e. The lowest BCUT2D eigenvalue weighted by Gasteiger charge is -2.51. The molecule has 25 heavy (non-hydrogen) atoms. The maximum absolute atomic E-state index is 11.0. The van der Waals surface area contributed by atoms with Crippen molar-refractivity contribution in [2.24, 2.45) is 34.5 Å². The van der Waals surface area contributed by atoms with Crippen molar-refractivity contribution in [2.75, 3.05) is 13.2 Å². The summed E-state index contributed by atoms with van der Waals surface area (Å²) in [7, 11) is 0. The Kier molecular flexibility index (Phi) is 7.95. The Morgan fingerprint density at radius 3 is 1.68 bits per heavy atom. The minimum Gasteiger partial charge on any atom is -0.412 e. The molecule has 150 valence electrons. The van der Waals surface area contributed by atoms with Gasteiger partial charge in [0.05, 0.1) is 19.3 Å². The van der Waals surface area contributed by atoms with Gasteiger partial charge >= 0.3 is 0 Å². The van der Waals surface area contributed by atoms with Crippen LogP contribution in [0.5, 0.6) is 0 Å². The van der Waals surface area contributed by atoms with E-state index in [0.717, 1.165) is 26.1 Å². The van der Waals surface area contributed by atoms with Gasteiger partial charge in [-0.15, -0.1) is 0 Å². The van der Waals surface area contributed by atoms with E-state index in [1.54, 1.807) is 0 Å². The molecule has 1 heterocycles. The molecule has 1 aliphatic carbocycles. The third-order valence-electron chi connectivity index (χ3n) is 6.24. The van der Waals surface area contributed by atoms with E-state index in [2.05, 4.69) is 48.5 Å². The predicted octanol–water partition coefficient (Wildman–Crippen LogP) is 4.05. The predicted molar refractivity (Wildman–Crippen MR) is 102 cm³/mol. The van der Waals surface area contributed by atoms with Crippen LogP contribution in [0.3, 0.4) is 0 Å². The van der Waals surface area contributed by atoms with Crippen molar-refractivity contribution >= 4 is 0 Å². The van der Waals surface area contributed by atoms with E-state index in [9.17, 15) is 5.11 Å². The van der Waals surface area contributed by atoms with Crippen molar-refractivity contribution in [3.8, 4) is 0 Å². The van der Waals surface area contributed by atoms with E-state index in [1.165, 1.54) is 12.8 Å². The Balaban J connectivity index is 0.00000312. The first-order chi connectivity index (χ1) is 11.0. The second kappa shape index (κ2) is 8.69. The van der Waals surface area contributed by atoms with Gasteiger partial charge < -0.3 is 20.1 Å². The molecule has 0 bridgehead atoms. The lowest BCUT2D eigenvalue weighted by Crippen LogP contribution is -2.51. The van der Waals surface area contributed by atoms with Gasteiger partial charge in [-0.1, -0.05) is 54.9 Å². The molecule has 1 saturated carbocycles. The molecule has 4 heteroatoms. The van der Waals surface area contributed by atoms with E-state index in [4.69, 9.17) is 9.47 Å². The number of ether oxygens (including phenoxy) is 2. The Morgan fingerprint density at radius 1 is 0.880 bits per heavy atom. The van der Waals surface area contributed by atoms with Gasteiger partial charge in [-0.3, -0.25) is 0 Å².